The number of amides is 4. The van der Waals surface area contributed by atoms with Crippen LogP contribution in [0.2, 0.25) is 0 Å². The maximum atomic E-state index is 13.8. The normalized spacial score (nSPS) is 23.0. The van der Waals surface area contributed by atoms with E-state index < -0.39 is 58.9 Å². The molecular formula is C50H76N6O9. The topological polar surface area (TPSA) is 169 Å². The molecule has 0 spiro atoms. The SMILES string of the molecule is CC(C)(C)OC(=O)NC1c2cc(CC(=O)NCCN3CCCCC3)ccc2OC(C)(C)C1OC1C(NC(=O)OC(C)(C)C)c2cc(CC(=O)NCCN3CCCCC3)ccc2OC1(C)C. The first-order valence-electron chi connectivity index (χ1n) is 23.8. The number of rotatable bonds is 14. The van der Waals surface area contributed by atoms with Gasteiger partial charge in [-0.05, 0) is 156 Å². The van der Waals surface area contributed by atoms with Crippen LogP contribution in [0.3, 0.4) is 0 Å². The van der Waals surface area contributed by atoms with Crippen LogP contribution < -0.4 is 30.7 Å². The van der Waals surface area contributed by atoms with Crippen molar-refractivity contribution in [3.05, 3.63) is 58.7 Å². The van der Waals surface area contributed by atoms with Gasteiger partial charge in [0.15, 0.2) is 0 Å². The number of fused-ring (bicyclic) bond motifs is 2. The van der Waals surface area contributed by atoms with Crippen LogP contribution in [-0.4, -0.2) is 121 Å². The third-order valence-electron chi connectivity index (χ3n) is 12.3. The minimum atomic E-state index is -1.07. The molecular weight excluding hydrogens is 829 g/mol. The van der Waals surface area contributed by atoms with Crippen molar-refractivity contribution >= 4 is 24.0 Å². The van der Waals surface area contributed by atoms with Crippen molar-refractivity contribution in [2.24, 2.45) is 0 Å². The maximum Gasteiger partial charge on any atom is 0.408 e. The molecule has 0 bridgehead atoms. The quantitative estimate of drug-likeness (QED) is 0.156. The Kier molecular flexibility index (Phi) is 16.0. The fraction of sp³-hybridized carbons (Fsp3) is 0.680. The standard InChI is InChI=1S/C50H76N6O9/c1-47(2,3)64-45(59)53-41-35-29-33(31-39(57)51-21-27-55-23-13-11-14-24-55)17-19-37(35)62-49(7,8)43(41)61-44-42(54-46(60)65-48(4,5)6)36-30-34(18-20-38(36)63-50(44,9)10)32-40(58)52-22-28-56-25-15-12-16-26-56/h17-20,29-30,41-44H,11-16,21-28,31-32H2,1-10H3,(H,51,57)(H,52,58)(H,53,59)(H,54,60). The molecule has 2 fully saturated rings. The number of hydrogen-bond donors (Lipinski definition) is 4. The second-order valence-electron chi connectivity index (χ2n) is 21.2. The van der Waals surface area contributed by atoms with Gasteiger partial charge in [0.2, 0.25) is 11.8 Å². The Morgan fingerprint density at radius 3 is 1.32 bits per heavy atom. The molecule has 2 aromatic rings. The summed E-state index contributed by atoms with van der Waals surface area (Å²) in [6.07, 6.45) is 4.38. The van der Waals surface area contributed by atoms with Gasteiger partial charge >= 0.3 is 12.2 Å². The van der Waals surface area contributed by atoms with Crippen LogP contribution in [0, 0.1) is 0 Å². The van der Waals surface area contributed by atoms with Crippen LogP contribution in [0.5, 0.6) is 11.5 Å². The molecule has 4 N–H and O–H groups in total. The number of nitrogens with zero attached hydrogens (tertiary/aromatic N) is 2. The summed E-state index contributed by atoms with van der Waals surface area (Å²) >= 11 is 0. The molecule has 4 unspecified atom stereocenters. The molecule has 4 aliphatic heterocycles. The lowest BCUT2D eigenvalue weighted by atomic mass is 9.82. The van der Waals surface area contributed by atoms with Gasteiger partial charge in [-0.2, -0.15) is 0 Å². The highest BCUT2D eigenvalue weighted by atomic mass is 16.6. The van der Waals surface area contributed by atoms with Crippen LogP contribution in [0.15, 0.2) is 36.4 Å². The molecule has 15 heteroatoms. The van der Waals surface area contributed by atoms with E-state index in [1.54, 1.807) is 41.5 Å². The number of nitrogens with one attached hydrogen (secondary N) is 4. The van der Waals surface area contributed by atoms with Gasteiger partial charge in [-0.1, -0.05) is 25.0 Å². The van der Waals surface area contributed by atoms with Gasteiger partial charge in [-0.3, -0.25) is 9.59 Å². The molecule has 6 rings (SSSR count). The number of hydrogen-bond acceptors (Lipinski definition) is 11. The van der Waals surface area contributed by atoms with E-state index in [1.165, 1.54) is 38.5 Å². The van der Waals surface area contributed by atoms with E-state index in [4.69, 9.17) is 23.7 Å². The highest BCUT2D eigenvalue weighted by molar-refractivity contribution is 5.79. The van der Waals surface area contributed by atoms with Crippen LogP contribution >= 0.6 is 0 Å². The van der Waals surface area contributed by atoms with Crippen molar-refractivity contribution in [3.63, 3.8) is 0 Å². The van der Waals surface area contributed by atoms with Gasteiger partial charge in [-0.25, -0.2) is 9.59 Å². The molecule has 360 valence electrons. The van der Waals surface area contributed by atoms with E-state index in [2.05, 4.69) is 31.1 Å². The van der Waals surface area contributed by atoms with E-state index in [9.17, 15) is 19.2 Å². The van der Waals surface area contributed by atoms with Crippen molar-refractivity contribution in [2.45, 2.75) is 167 Å². The Morgan fingerprint density at radius 1 is 0.600 bits per heavy atom. The molecule has 0 aliphatic carbocycles. The molecule has 4 heterocycles. The van der Waals surface area contributed by atoms with E-state index in [1.807, 2.05) is 64.1 Å². The fourth-order valence-corrected chi connectivity index (χ4v) is 9.29. The predicted octanol–water partition coefficient (Wildman–Crippen LogP) is 6.90. The minimum absolute atomic E-state index is 0.103. The highest BCUT2D eigenvalue weighted by Crippen LogP contribution is 2.47. The highest BCUT2D eigenvalue weighted by Gasteiger charge is 2.53. The zero-order valence-electron chi connectivity index (χ0n) is 40.7. The van der Waals surface area contributed by atoms with Crippen LogP contribution in [-0.2, 0) is 36.6 Å². The predicted molar refractivity (Wildman–Crippen MR) is 249 cm³/mol. The summed E-state index contributed by atoms with van der Waals surface area (Å²) < 4.78 is 32.3. The zero-order chi connectivity index (χ0) is 47.2. The maximum absolute atomic E-state index is 13.8. The first-order valence-corrected chi connectivity index (χ1v) is 23.8. The fourth-order valence-electron chi connectivity index (χ4n) is 9.29. The first kappa shape index (κ1) is 49.8. The van der Waals surface area contributed by atoms with Crippen molar-refractivity contribution in [2.75, 3.05) is 52.4 Å². The summed E-state index contributed by atoms with van der Waals surface area (Å²) in [5.74, 6) is 0.844. The minimum Gasteiger partial charge on any atom is -0.485 e. The lowest BCUT2D eigenvalue weighted by Crippen LogP contribution is -2.62. The summed E-state index contributed by atoms with van der Waals surface area (Å²) in [6, 6.07) is 9.47. The molecule has 2 aromatic carbocycles. The molecule has 0 radical (unpaired) electrons. The Balaban J connectivity index is 1.29. The summed E-state index contributed by atoms with van der Waals surface area (Å²) in [7, 11) is 0. The lowest BCUT2D eigenvalue weighted by molar-refractivity contribution is -0.187. The summed E-state index contributed by atoms with van der Waals surface area (Å²) in [4.78, 5) is 58.9. The van der Waals surface area contributed by atoms with E-state index in [0.717, 1.165) is 50.4 Å². The molecule has 4 amide bonds. The number of likely N-dealkylation sites (tertiary alicyclic amines) is 2. The molecule has 2 saturated heterocycles. The Labute approximate surface area is 386 Å². The van der Waals surface area contributed by atoms with E-state index in [0.29, 0.717) is 35.7 Å². The molecule has 0 saturated carbocycles. The molecule has 0 aromatic heterocycles. The zero-order valence-corrected chi connectivity index (χ0v) is 40.7. The number of carbonyl (C=O) groups excluding carboxylic acids is 4. The smallest absolute Gasteiger partial charge is 0.408 e. The van der Waals surface area contributed by atoms with Gasteiger partial charge in [0.25, 0.3) is 0 Å². The Hall–Kier alpha value is -4.60. The summed E-state index contributed by atoms with van der Waals surface area (Å²) in [5.41, 5.74) is -1.04. The number of piperidine rings is 2. The number of benzene rings is 2. The van der Waals surface area contributed by atoms with Gasteiger partial charge < -0.3 is 54.8 Å². The molecule has 15 nitrogen and oxygen atoms in total. The molecule has 4 aliphatic rings. The number of alkyl carbamates (subject to hydrolysis) is 2. The molecule has 4 atom stereocenters. The van der Waals surface area contributed by atoms with Crippen LogP contribution in [0.25, 0.3) is 0 Å². The number of carbonyl (C=O) groups is 4. The monoisotopic (exact) mass is 905 g/mol. The molecule has 65 heavy (non-hydrogen) atoms. The van der Waals surface area contributed by atoms with Gasteiger partial charge in [0.1, 0.15) is 46.1 Å². The second-order valence-corrected chi connectivity index (χ2v) is 21.2. The summed E-state index contributed by atoms with van der Waals surface area (Å²) in [6.45, 7) is 25.3. The lowest BCUT2D eigenvalue weighted by Gasteiger charge is -2.51. The van der Waals surface area contributed by atoms with E-state index in [-0.39, 0.29) is 24.7 Å². The van der Waals surface area contributed by atoms with Crippen LogP contribution in [0.4, 0.5) is 9.59 Å². The third-order valence-corrected chi connectivity index (χ3v) is 12.3. The first-order chi connectivity index (χ1) is 30.5. The Morgan fingerprint density at radius 2 is 0.969 bits per heavy atom. The largest absolute Gasteiger partial charge is 0.485 e. The van der Waals surface area contributed by atoms with Gasteiger partial charge in [-0.15, -0.1) is 0 Å². The van der Waals surface area contributed by atoms with Gasteiger partial charge in [0, 0.05) is 37.3 Å². The van der Waals surface area contributed by atoms with Crippen molar-refractivity contribution < 1.29 is 42.9 Å². The average Bonchev–Trinajstić information content (AvgIpc) is 3.19. The van der Waals surface area contributed by atoms with Crippen molar-refractivity contribution in [1.29, 1.82) is 0 Å². The Bertz CT molecular complexity index is 1840. The third kappa shape index (κ3) is 14.2. The van der Waals surface area contributed by atoms with Gasteiger partial charge in [0.05, 0.1) is 24.9 Å². The average molecular weight is 905 g/mol. The summed E-state index contributed by atoms with van der Waals surface area (Å²) in [5, 5.41) is 12.4. The second kappa shape index (κ2) is 20.9. The van der Waals surface area contributed by atoms with E-state index >= 15 is 0 Å². The van der Waals surface area contributed by atoms with Crippen molar-refractivity contribution in [3.8, 4) is 11.5 Å². The number of ether oxygens (including phenoxy) is 5. The van der Waals surface area contributed by atoms with Crippen LogP contribution in [0.1, 0.15) is 142 Å². The van der Waals surface area contributed by atoms with Crippen molar-refractivity contribution in [1.82, 2.24) is 31.1 Å².